The normalized spacial score (nSPS) is 16.3. The van der Waals surface area contributed by atoms with Gasteiger partial charge in [-0.05, 0) is 38.0 Å². The van der Waals surface area contributed by atoms with Crippen molar-refractivity contribution in [2.24, 2.45) is 5.73 Å². The highest BCUT2D eigenvalue weighted by Crippen LogP contribution is 2.40. The molecule has 0 radical (unpaired) electrons. The van der Waals surface area contributed by atoms with Crippen LogP contribution in [0.25, 0.3) is 0 Å². The second kappa shape index (κ2) is 10.5. The van der Waals surface area contributed by atoms with Crippen molar-refractivity contribution in [1.29, 1.82) is 5.26 Å². The summed E-state index contributed by atoms with van der Waals surface area (Å²) in [7, 11) is 0. The maximum atomic E-state index is 14.3. The number of unbranched alkanes of at least 4 members (excludes halogenated alkanes) is 3. The summed E-state index contributed by atoms with van der Waals surface area (Å²) in [6, 6.07) is 6.14. The number of halogens is 1. The van der Waals surface area contributed by atoms with Gasteiger partial charge in [0.25, 0.3) is 0 Å². The van der Waals surface area contributed by atoms with Crippen molar-refractivity contribution < 1.29 is 23.4 Å². The standard InChI is InChI=1S/C22H27FN2O4/c1-4-6-7-8-9-28-17-11-15(10-16(23)12-17)20-18(13-24)21(25)29-14(3)19(20)22(26)27-5-2/h10-12,20H,4-9,25H2,1-3H3. The molecule has 0 aliphatic carbocycles. The molecule has 0 amide bonds. The van der Waals surface area contributed by atoms with Gasteiger partial charge in [0.15, 0.2) is 0 Å². The lowest BCUT2D eigenvalue weighted by atomic mass is 9.83. The molecule has 0 saturated heterocycles. The van der Waals surface area contributed by atoms with E-state index in [2.05, 4.69) is 6.92 Å². The molecule has 0 aromatic heterocycles. The SMILES string of the molecule is CCCCCCOc1cc(F)cc(C2C(C#N)=C(N)OC(C)=C2C(=O)OCC)c1. The summed E-state index contributed by atoms with van der Waals surface area (Å²) in [6.07, 6.45) is 4.12. The molecular formula is C22H27FN2O4. The van der Waals surface area contributed by atoms with Gasteiger partial charge in [-0.25, -0.2) is 9.18 Å². The molecule has 1 atom stereocenters. The zero-order chi connectivity index (χ0) is 21.4. The molecule has 29 heavy (non-hydrogen) atoms. The van der Waals surface area contributed by atoms with Crippen molar-refractivity contribution in [3.8, 4) is 11.8 Å². The summed E-state index contributed by atoms with van der Waals surface area (Å²) >= 11 is 0. The predicted molar refractivity (Wildman–Crippen MR) is 106 cm³/mol. The first-order chi connectivity index (χ1) is 13.9. The Labute approximate surface area is 170 Å². The van der Waals surface area contributed by atoms with Crippen LogP contribution in [0, 0.1) is 17.1 Å². The molecule has 0 saturated carbocycles. The van der Waals surface area contributed by atoms with Gasteiger partial charge in [-0.2, -0.15) is 5.26 Å². The third kappa shape index (κ3) is 5.50. The summed E-state index contributed by atoms with van der Waals surface area (Å²) in [4.78, 5) is 12.5. The molecule has 1 unspecified atom stereocenters. The Morgan fingerprint density at radius 1 is 1.28 bits per heavy atom. The van der Waals surface area contributed by atoms with Crippen LogP contribution in [0.3, 0.4) is 0 Å². The smallest absolute Gasteiger partial charge is 0.338 e. The predicted octanol–water partition coefficient (Wildman–Crippen LogP) is 4.43. The number of hydrogen-bond donors (Lipinski definition) is 1. The number of nitriles is 1. The largest absolute Gasteiger partial charge is 0.493 e. The summed E-state index contributed by atoms with van der Waals surface area (Å²) in [5.41, 5.74) is 6.39. The number of rotatable bonds is 9. The minimum atomic E-state index is -0.897. The summed E-state index contributed by atoms with van der Waals surface area (Å²) < 4.78 is 30.5. The van der Waals surface area contributed by atoms with Gasteiger partial charge >= 0.3 is 5.97 Å². The van der Waals surface area contributed by atoms with E-state index in [1.54, 1.807) is 19.9 Å². The van der Waals surface area contributed by atoms with E-state index in [0.29, 0.717) is 17.9 Å². The lowest BCUT2D eigenvalue weighted by Gasteiger charge is -2.27. The zero-order valence-electron chi connectivity index (χ0n) is 17.1. The number of nitrogens with two attached hydrogens (primary N) is 1. The second-order valence-electron chi connectivity index (χ2n) is 6.74. The van der Waals surface area contributed by atoms with Crippen LogP contribution in [0.5, 0.6) is 5.75 Å². The minimum Gasteiger partial charge on any atom is -0.493 e. The number of esters is 1. The molecule has 1 heterocycles. The van der Waals surface area contributed by atoms with Crippen LogP contribution in [0.15, 0.2) is 41.0 Å². The quantitative estimate of drug-likeness (QED) is 0.485. The number of carbonyl (C=O) groups excluding carboxylic acids is 1. The van der Waals surface area contributed by atoms with Gasteiger partial charge in [-0.1, -0.05) is 26.2 Å². The number of nitrogens with zero attached hydrogens (tertiary/aromatic N) is 1. The molecule has 0 fully saturated rings. The van der Waals surface area contributed by atoms with Gasteiger partial charge in [0.2, 0.25) is 5.88 Å². The Kier molecular flexibility index (Phi) is 8.08. The van der Waals surface area contributed by atoms with Crippen molar-refractivity contribution in [2.45, 2.75) is 52.4 Å². The van der Waals surface area contributed by atoms with E-state index in [0.717, 1.165) is 25.7 Å². The van der Waals surface area contributed by atoms with Crippen molar-refractivity contribution in [3.63, 3.8) is 0 Å². The Morgan fingerprint density at radius 2 is 2.03 bits per heavy atom. The van der Waals surface area contributed by atoms with Crippen LogP contribution >= 0.6 is 0 Å². The van der Waals surface area contributed by atoms with E-state index in [9.17, 15) is 14.4 Å². The second-order valence-corrected chi connectivity index (χ2v) is 6.74. The molecule has 7 heteroatoms. The number of benzene rings is 1. The summed E-state index contributed by atoms with van der Waals surface area (Å²) in [5, 5.41) is 9.60. The molecule has 0 bridgehead atoms. The number of allylic oxidation sites excluding steroid dienone is 2. The average Bonchev–Trinajstić information content (AvgIpc) is 2.67. The first-order valence-electron chi connectivity index (χ1n) is 9.81. The Balaban J connectivity index is 2.40. The monoisotopic (exact) mass is 402 g/mol. The Morgan fingerprint density at radius 3 is 2.69 bits per heavy atom. The van der Waals surface area contributed by atoms with Crippen LogP contribution in [-0.4, -0.2) is 19.2 Å². The fraction of sp³-hybridized carbons (Fsp3) is 0.455. The van der Waals surface area contributed by atoms with Gasteiger partial charge < -0.3 is 19.9 Å². The third-order valence-corrected chi connectivity index (χ3v) is 4.59. The van der Waals surface area contributed by atoms with Crippen LogP contribution in [0.1, 0.15) is 57.9 Å². The van der Waals surface area contributed by atoms with E-state index >= 15 is 0 Å². The fourth-order valence-electron chi connectivity index (χ4n) is 3.24. The molecule has 1 aliphatic heterocycles. The molecule has 1 aliphatic rings. The van der Waals surface area contributed by atoms with Gasteiger partial charge in [-0.3, -0.25) is 0 Å². The van der Waals surface area contributed by atoms with Crippen molar-refractivity contribution in [2.75, 3.05) is 13.2 Å². The van der Waals surface area contributed by atoms with Crippen molar-refractivity contribution in [3.05, 3.63) is 52.4 Å². The topological polar surface area (TPSA) is 94.6 Å². The number of hydrogen-bond acceptors (Lipinski definition) is 6. The maximum Gasteiger partial charge on any atom is 0.338 e. The lowest BCUT2D eigenvalue weighted by molar-refractivity contribution is -0.139. The molecule has 1 aromatic carbocycles. The van der Waals surface area contributed by atoms with Crippen molar-refractivity contribution >= 4 is 5.97 Å². The van der Waals surface area contributed by atoms with Gasteiger partial charge in [0.1, 0.15) is 29.0 Å². The first-order valence-corrected chi connectivity index (χ1v) is 9.81. The van der Waals surface area contributed by atoms with Crippen LogP contribution in [0.4, 0.5) is 4.39 Å². The summed E-state index contributed by atoms with van der Waals surface area (Å²) in [6.45, 7) is 5.97. The molecule has 2 rings (SSSR count). The highest BCUT2D eigenvalue weighted by molar-refractivity contribution is 5.92. The highest BCUT2D eigenvalue weighted by atomic mass is 19.1. The van der Waals surface area contributed by atoms with Gasteiger partial charge in [0.05, 0.1) is 24.7 Å². The van der Waals surface area contributed by atoms with E-state index in [-0.39, 0.29) is 29.4 Å². The van der Waals surface area contributed by atoms with Crippen molar-refractivity contribution in [1.82, 2.24) is 0 Å². The highest BCUT2D eigenvalue weighted by Gasteiger charge is 2.36. The molecule has 0 spiro atoms. The van der Waals surface area contributed by atoms with Gasteiger partial charge in [0, 0.05) is 6.07 Å². The lowest BCUT2D eigenvalue weighted by Crippen LogP contribution is -2.25. The Hall–Kier alpha value is -3.01. The van der Waals surface area contributed by atoms with Crippen LogP contribution < -0.4 is 10.5 Å². The first kappa shape index (κ1) is 22.3. The average molecular weight is 402 g/mol. The fourth-order valence-corrected chi connectivity index (χ4v) is 3.24. The van der Waals surface area contributed by atoms with Crippen LogP contribution in [0.2, 0.25) is 0 Å². The molecular weight excluding hydrogens is 375 g/mol. The molecule has 6 nitrogen and oxygen atoms in total. The van der Waals surface area contributed by atoms with E-state index in [1.807, 2.05) is 6.07 Å². The van der Waals surface area contributed by atoms with Gasteiger partial charge in [-0.15, -0.1) is 0 Å². The summed E-state index contributed by atoms with van der Waals surface area (Å²) in [5.74, 6) is -1.63. The maximum absolute atomic E-state index is 14.3. The molecule has 2 N–H and O–H groups in total. The number of ether oxygens (including phenoxy) is 3. The minimum absolute atomic E-state index is 0.0261. The Bertz CT molecular complexity index is 855. The van der Waals surface area contributed by atoms with E-state index < -0.39 is 17.7 Å². The molecule has 156 valence electrons. The van der Waals surface area contributed by atoms with E-state index in [4.69, 9.17) is 19.9 Å². The molecule has 1 aromatic rings. The number of carbonyl (C=O) groups is 1. The third-order valence-electron chi connectivity index (χ3n) is 4.59. The zero-order valence-corrected chi connectivity index (χ0v) is 17.1. The van der Waals surface area contributed by atoms with Crippen LogP contribution in [-0.2, 0) is 14.3 Å². The van der Waals surface area contributed by atoms with E-state index in [1.165, 1.54) is 12.1 Å².